The average Bonchev–Trinajstić information content (AvgIpc) is 2.70. The third kappa shape index (κ3) is 4.65. The lowest BCUT2D eigenvalue weighted by molar-refractivity contribution is -0.00000597. The van der Waals surface area contributed by atoms with Crippen molar-refractivity contribution in [2.24, 2.45) is 0 Å². The minimum Gasteiger partial charge on any atom is -1.00 e. The summed E-state index contributed by atoms with van der Waals surface area (Å²) in [5.74, 6) is 2.57. The van der Waals surface area contributed by atoms with Crippen molar-refractivity contribution in [1.29, 1.82) is 0 Å². The fourth-order valence-corrected chi connectivity index (χ4v) is 4.58. The predicted octanol–water partition coefficient (Wildman–Crippen LogP) is 1.81. The molecule has 3 aromatic rings. The fourth-order valence-electron chi connectivity index (χ4n) is 2.54. The second kappa shape index (κ2) is 9.73. The Labute approximate surface area is 174 Å². The van der Waals surface area contributed by atoms with Crippen LogP contribution in [0.25, 0.3) is 0 Å². The molecule has 3 rings (SSSR count). The van der Waals surface area contributed by atoms with E-state index in [9.17, 15) is 0 Å². The Kier molecular flexibility index (Phi) is 7.66. The zero-order chi connectivity index (χ0) is 17.6. The summed E-state index contributed by atoms with van der Waals surface area (Å²) in [5.41, 5.74) is 0. The van der Waals surface area contributed by atoms with Gasteiger partial charge in [-0.15, -0.1) is 0 Å². The molecular formula is C21H21IO3S. The Morgan fingerprint density at radius 1 is 0.462 bits per heavy atom. The maximum Gasteiger partial charge on any atom is 0.166 e. The van der Waals surface area contributed by atoms with Gasteiger partial charge in [-0.05, 0) is 72.8 Å². The van der Waals surface area contributed by atoms with Crippen LogP contribution in [0.3, 0.4) is 0 Å². The van der Waals surface area contributed by atoms with E-state index in [4.69, 9.17) is 14.2 Å². The van der Waals surface area contributed by atoms with Crippen LogP contribution in [-0.4, -0.2) is 21.3 Å². The van der Waals surface area contributed by atoms with Crippen LogP contribution in [-0.2, 0) is 10.9 Å². The van der Waals surface area contributed by atoms with Gasteiger partial charge in [0.15, 0.2) is 14.7 Å². The summed E-state index contributed by atoms with van der Waals surface area (Å²) in [6, 6.07) is 24.7. The quantitative estimate of drug-likeness (QED) is 0.398. The highest BCUT2D eigenvalue weighted by atomic mass is 127. The summed E-state index contributed by atoms with van der Waals surface area (Å²) in [5, 5.41) is 0. The third-order valence-electron chi connectivity index (χ3n) is 3.89. The summed E-state index contributed by atoms with van der Waals surface area (Å²) in [6.07, 6.45) is 0. The van der Waals surface area contributed by atoms with Gasteiger partial charge >= 0.3 is 0 Å². The van der Waals surface area contributed by atoms with Gasteiger partial charge in [0.2, 0.25) is 0 Å². The van der Waals surface area contributed by atoms with E-state index in [-0.39, 0.29) is 34.9 Å². The molecule has 0 N–H and O–H groups in total. The highest BCUT2D eigenvalue weighted by Gasteiger charge is 2.28. The molecular weight excluding hydrogens is 459 g/mol. The Morgan fingerprint density at radius 3 is 0.885 bits per heavy atom. The van der Waals surface area contributed by atoms with E-state index < -0.39 is 0 Å². The molecule has 0 saturated carbocycles. The van der Waals surface area contributed by atoms with Crippen LogP contribution >= 0.6 is 0 Å². The van der Waals surface area contributed by atoms with Crippen molar-refractivity contribution in [3.05, 3.63) is 72.8 Å². The molecule has 136 valence electrons. The van der Waals surface area contributed by atoms with Crippen LogP contribution in [0, 0.1) is 0 Å². The standard InChI is InChI=1S/C21H21O3S.HI/c1-22-16-4-10-19(11-5-16)25(20-12-6-17(23-2)7-13-20)21-14-8-18(24-3)9-15-21;/h4-15H,1-3H3;1H/q+1;/p-1. The van der Waals surface area contributed by atoms with Crippen molar-refractivity contribution in [2.75, 3.05) is 21.3 Å². The van der Waals surface area contributed by atoms with Crippen LogP contribution in [0.2, 0.25) is 0 Å². The van der Waals surface area contributed by atoms with Crippen molar-refractivity contribution in [2.45, 2.75) is 14.7 Å². The van der Waals surface area contributed by atoms with Gasteiger partial charge in [0.05, 0.1) is 32.2 Å². The topological polar surface area (TPSA) is 27.7 Å². The summed E-state index contributed by atoms with van der Waals surface area (Å²) < 4.78 is 15.9. The molecule has 0 bridgehead atoms. The van der Waals surface area contributed by atoms with Gasteiger partial charge in [0.1, 0.15) is 17.2 Å². The minimum atomic E-state index is -0.212. The van der Waals surface area contributed by atoms with Gasteiger partial charge < -0.3 is 38.2 Å². The summed E-state index contributed by atoms with van der Waals surface area (Å²) in [4.78, 5) is 3.70. The smallest absolute Gasteiger partial charge is 0.166 e. The number of benzene rings is 3. The van der Waals surface area contributed by atoms with Crippen LogP contribution in [0.5, 0.6) is 17.2 Å². The molecule has 0 aromatic heterocycles. The molecule has 0 aliphatic heterocycles. The first-order chi connectivity index (χ1) is 12.2. The Hall–Kier alpha value is -1.86. The molecule has 0 radical (unpaired) electrons. The van der Waals surface area contributed by atoms with Gasteiger partial charge in [-0.2, -0.15) is 0 Å². The van der Waals surface area contributed by atoms with E-state index in [1.165, 1.54) is 14.7 Å². The van der Waals surface area contributed by atoms with Gasteiger partial charge in [-0.1, -0.05) is 0 Å². The van der Waals surface area contributed by atoms with E-state index in [0.29, 0.717) is 0 Å². The molecule has 0 fully saturated rings. The second-order valence-electron chi connectivity index (χ2n) is 5.33. The van der Waals surface area contributed by atoms with Crippen molar-refractivity contribution < 1.29 is 38.2 Å². The van der Waals surface area contributed by atoms with E-state index >= 15 is 0 Å². The zero-order valence-corrected chi connectivity index (χ0v) is 17.9. The molecule has 0 unspecified atom stereocenters. The SMILES string of the molecule is COc1ccc([S+](c2ccc(OC)cc2)c2ccc(OC)cc2)cc1.[I-]. The van der Waals surface area contributed by atoms with Crippen molar-refractivity contribution in [3.8, 4) is 17.2 Å². The van der Waals surface area contributed by atoms with Crippen LogP contribution < -0.4 is 38.2 Å². The van der Waals surface area contributed by atoms with E-state index in [1.54, 1.807) is 21.3 Å². The van der Waals surface area contributed by atoms with Crippen LogP contribution in [0.4, 0.5) is 0 Å². The van der Waals surface area contributed by atoms with Crippen molar-refractivity contribution in [3.63, 3.8) is 0 Å². The maximum atomic E-state index is 5.29. The van der Waals surface area contributed by atoms with E-state index in [2.05, 4.69) is 36.4 Å². The van der Waals surface area contributed by atoms with E-state index in [0.717, 1.165) is 17.2 Å². The first kappa shape index (κ1) is 20.5. The van der Waals surface area contributed by atoms with Gasteiger partial charge in [0.25, 0.3) is 0 Å². The first-order valence-corrected chi connectivity index (χ1v) is 9.14. The molecule has 5 heteroatoms. The molecule has 3 aromatic carbocycles. The van der Waals surface area contributed by atoms with Crippen molar-refractivity contribution >= 4 is 10.9 Å². The lowest BCUT2D eigenvalue weighted by Gasteiger charge is -2.10. The fraction of sp³-hybridized carbons (Fsp3) is 0.143. The summed E-state index contributed by atoms with van der Waals surface area (Å²) >= 11 is 0. The second-order valence-corrected chi connectivity index (χ2v) is 7.36. The predicted molar refractivity (Wildman–Crippen MR) is 101 cm³/mol. The van der Waals surface area contributed by atoms with Crippen LogP contribution in [0.1, 0.15) is 0 Å². The number of methoxy groups -OCH3 is 3. The van der Waals surface area contributed by atoms with Gasteiger partial charge in [-0.25, -0.2) is 0 Å². The number of ether oxygens (including phenoxy) is 3. The van der Waals surface area contributed by atoms with E-state index in [1.807, 2.05) is 36.4 Å². The maximum absolute atomic E-state index is 5.29. The van der Waals surface area contributed by atoms with Gasteiger partial charge in [0, 0.05) is 0 Å². The summed E-state index contributed by atoms with van der Waals surface area (Å²) in [7, 11) is 4.83. The Balaban J connectivity index is 0.00000243. The number of hydrogen-bond donors (Lipinski definition) is 0. The zero-order valence-electron chi connectivity index (χ0n) is 14.9. The lowest BCUT2D eigenvalue weighted by Crippen LogP contribution is -3.00. The van der Waals surface area contributed by atoms with Crippen molar-refractivity contribution in [1.82, 2.24) is 0 Å². The molecule has 26 heavy (non-hydrogen) atoms. The number of halogens is 1. The average molecular weight is 480 g/mol. The molecule has 0 spiro atoms. The third-order valence-corrected chi connectivity index (χ3v) is 6.12. The number of hydrogen-bond acceptors (Lipinski definition) is 3. The first-order valence-electron chi connectivity index (χ1n) is 7.91. The lowest BCUT2D eigenvalue weighted by atomic mass is 10.3. The summed E-state index contributed by atoms with van der Waals surface area (Å²) in [6.45, 7) is 0. The molecule has 0 heterocycles. The molecule has 0 aliphatic carbocycles. The highest BCUT2D eigenvalue weighted by molar-refractivity contribution is 7.97. The molecule has 3 nitrogen and oxygen atoms in total. The Morgan fingerprint density at radius 2 is 0.692 bits per heavy atom. The number of rotatable bonds is 6. The highest BCUT2D eigenvalue weighted by Crippen LogP contribution is 2.33. The largest absolute Gasteiger partial charge is 1.00 e. The minimum absolute atomic E-state index is 0. The van der Waals surface area contributed by atoms with Crippen LogP contribution in [0.15, 0.2) is 87.5 Å². The molecule has 0 atom stereocenters. The van der Waals surface area contributed by atoms with Gasteiger partial charge in [-0.3, -0.25) is 0 Å². The Bertz CT molecular complexity index is 689. The molecule has 0 amide bonds. The monoisotopic (exact) mass is 480 g/mol. The molecule has 0 saturated heterocycles. The molecule has 0 aliphatic rings. The normalized spacial score (nSPS) is 10.2.